The average Bonchev–Trinajstić information content (AvgIpc) is 3.23. The van der Waals surface area contributed by atoms with Crippen LogP contribution in [0.4, 0.5) is 16.3 Å². The molecule has 0 spiro atoms. The van der Waals surface area contributed by atoms with Crippen molar-refractivity contribution in [2.24, 2.45) is 5.16 Å². The van der Waals surface area contributed by atoms with E-state index in [9.17, 15) is 10.0 Å². The Labute approximate surface area is 212 Å². The maximum absolute atomic E-state index is 13.7. The van der Waals surface area contributed by atoms with Crippen molar-refractivity contribution in [3.63, 3.8) is 0 Å². The Bertz CT molecular complexity index is 1470. The van der Waals surface area contributed by atoms with Crippen molar-refractivity contribution in [2.45, 2.75) is 33.3 Å². The van der Waals surface area contributed by atoms with Gasteiger partial charge in [0.15, 0.2) is 23.1 Å². The zero-order chi connectivity index (χ0) is 26.2. The molecule has 0 aliphatic carbocycles. The van der Waals surface area contributed by atoms with Gasteiger partial charge in [-0.2, -0.15) is 0 Å². The van der Waals surface area contributed by atoms with Crippen molar-refractivity contribution < 1.29 is 24.2 Å². The number of aryl methyl sites for hydroxylation is 1. The highest BCUT2D eigenvalue weighted by molar-refractivity contribution is 6.34. The lowest BCUT2D eigenvalue weighted by molar-refractivity contribution is 0.0598. The van der Waals surface area contributed by atoms with E-state index in [4.69, 9.17) is 30.8 Å². The van der Waals surface area contributed by atoms with E-state index in [1.807, 2.05) is 13.0 Å². The number of imidazole rings is 1. The summed E-state index contributed by atoms with van der Waals surface area (Å²) in [6, 6.07) is 8.73. The van der Waals surface area contributed by atoms with Gasteiger partial charge in [-0.15, -0.1) is 0 Å². The first-order valence-electron chi connectivity index (χ1n) is 11.0. The van der Waals surface area contributed by atoms with Gasteiger partial charge in [-0.1, -0.05) is 28.9 Å². The minimum absolute atomic E-state index is 0.213. The summed E-state index contributed by atoms with van der Waals surface area (Å²) in [5, 5.41) is 12.7. The van der Waals surface area contributed by atoms with Gasteiger partial charge in [-0.3, -0.25) is 4.40 Å². The minimum Gasteiger partial charge on any atom is -0.493 e. The topological polar surface area (TPSA) is 111 Å². The average molecular weight is 512 g/mol. The van der Waals surface area contributed by atoms with E-state index in [2.05, 4.69) is 10.1 Å². The molecule has 1 N–H and O–H groups in total. The van der Waals surface area contributed by atoms with Crippen molar-refractivity contribution in [3.05, 3.63) is 52.9 Å². The minimum atomic E-state index is -0.789. The van der Waals surface area contributed by atoms with Crippen LogP contribution in [0.1, 0.15) is 32.2 Å². The molecule has 188 valence electrons. The number of carbonyl (C=O) groups is 1. The van der Waals surface area contributed by atoms with Crippen LogP contribution in [0.25, 0.3) is 16.6 Å². The lowest BCUT2D eigenvalue weighted by Crippen LogP contribution is -2.35. The number of hydrogen-bond donors (Lipinski definition) is 1. The zero-order valence-corrected chi connectivity index (χ0v) is 21.5. The number of methoxy groups -OCH3 is 2. The van der Waals surface area contributed by atoms with Crippen LogP contribution in [0.2, 0.25) is 5.02 Å². The molecule has 0 saturated carbocycles. The first-order chi connectivity index (χ1) is 17.1. The highest BCUT2D eigenvalue weighted by Crippen LogP contribution is 2.40. The highest BCUT2D eigenvalue weighted by atomic mass is 35.5. The van der Waals surface area contributed by atoms with Crippen LogP contribution in [0.5, 0.6) is 11.5 Å². The summed E-state index contributed by atoms with van der Waals surface area (Å²) >= 11 is 6.61. The zero-order valence-electron chi connectivity index (χ0n) is 20.7. The number of oxime groups is 1. The lowest BCUT2D eigenvalue weighted by atomic mass is 10.1. The van der Waals surface area contributed by atoms with E-state index in [-0.39, 0.29) is 5.82 Å². The van der Waals surface area contributed by atoms with Crippen LogP contribution < -0.4 is 14.4 Å². The van der Waals surface area contributed by atoms with Crippen LogP contribution >= 0.6 is 11.6 Å². The smallest absolute Gasteiger partial charge is 0.420 e. The Morgan fingerprint density at radius 1 is 1.17 bits per heavy atom. The van der Waals surface area contributed by atoms with E-state index in [0.29, 0.717) is 44.6 Å². The fourth-order valence-corrected chi connectivity index (χ4v) is 4.19. The molecule has 2 aromatic heterocycles. The van der Waals surface area contributed by atoms with Gasteiger partial charge in [0.25, 0.3) is 0 Å². The Hall–Kier alpha value is -4.05. The standard InChI is InChI=1S/C25H26ClN5O5/c1-14-8-7-9-15(26)22(14)31(24(32)36-25(2,3)4)23-18-12-27-21(13-28-33)30(18)17-11-20(35-6)19(34-5)10-16(17)29-23/h7-13,33H,1-6H3/b28-13+. The van der Waals surface area contributed by atoms with Crippen molar-refractivity contribution in [1.82, 2.24) is 14.4 Å². The predicted molar refractivity (Wildman–Crippen MR) is 138 cm³/mol. The summed E-state index contributed by atoms with van der Waals surface area (Å²) in [5.74, 6) is 1.42. The second-order valence-corrected chi connectivity index (χ2v) is 9.34. The van der Waals surface area contributed by atoms with E-state index in [1.54, 1.807) is 49.4 Å². The van der Waals surface area contributed by atoms with Gasteiger partial charge in [0.1, 0.15) is 17.3 Å². The van der Waals surface area contributed by atoms with E-state index >= 15 is 0 Å². The summed E-state index contributed by atoms with van der Waals surface area (Å²) < 4.78 is 18.4. The van der Waals surface area contributed by atoms with Gasteiger partial charge in [0.2, 0.25) is 0 Å². The SMILES string of the molecule is COc1cc2nc(N(C(=O)OC(C)(C)C)c3c(C)cccc3Cl)c3cnc(/C=N/O)n3c2cc1OC. The van der Waals surface area contributed by atoms with E-state index < -0.39 is 11.7 Å². The number of nitrogens with zero attached hydrogens (tertiary/aromatic N) is 5. The van der Waals surface area contributed by atoms with Crippen LogP contribution in [0.15, 0.2) is 41.7 Å². The normalized spacial score (nSPS) is 11.9. The molecular formula is C25H26ClN5O5. The fraction of sp³-hybridized carbons (Fsp3) is 0.280. The maximum Gasteiger partial charge on any atom is 0.420 e. The molecule has 1 amide bonds. The molecule has 2 aromatic carbocycles. The second-order valence-electron chi connectivity index (χ2n) is 8.93. The monoisotopic (exact) mass is 511 g/mol. The largest absolute Gasteiger partial charge is 0.493 e. The number of para-hydroxylation sites is 1. The molecule has 4 aromatic rings. The number of carbonyl (C=O) groups excluding carboxylic acids is 1. The molecule has 11 heteroatoms. The Morgan fingerprint density at radius 2 is 1.86 bits per heavy atom. The number of anilines is 2. The molecule has 0 unspecified atom stereocenters. The van der Waals surface area contributed by atoms with Gasteiger partial charge < -0.3 is 19.4 Å². The molecule has 0 aliphatic heterocycles. The third kappa shape index (κ3) is 4.47. The summed E-state index contributed by atoms with van der Waals surface area (Å²) in [5.41, 5.74) is 1.84. The number of hydrogen-bond acceptors (Lipinski definition) is 8. The summed E-state index contributed by atoms with van der Waals surface area (Å²) in [7, 11) is 3.04. The van der Waals surface area contributed by atoms with Crippen LogP contribution in [0, 0.1) is 6.92 Å². The summed E-state index contributed by atoms with van der Waals surface area (Å²) in [4.78, 5) is 24.2. The van der Waals surface area contributed by atoms with Gasteiger partial charge in [-0.05, 0) is 39.3 Å². The fourth-order valence-electron chi connectivity index (χ4n) is 3.88. The molecule has 4 rings (SSSR count). The number of rotatable bonds is 5. The van der Waals surface area contributed by atoms with Gasteiger partial charge in [0.05, 0.1) is 42.2 Å². The molecule has 0 fully saturated rings. The van der Waals surface area contributed by atoms with Gasteiger partial charge in [-0.25, -0.2) is 19.7 Å². The van der Waals surface area contributed by atoms with Gasteiger partial charge in [0, 0.05) is 12.1 Å². The Morgan fingerprint density at radius 3 is 2.47 bits per heavy atom. The first-order valence-corrected chi connectivity index (χ1v) is 11.4. The Kier molecular flexibility index (Phi) is 6.64. The predicted octanol–water partition coefficient (Wildman–Crippen LogP) is 5.74. The number of ether oxygens (including phenoxy) is 3. The molecule has 0 bridgehead atoms. The number of fused-ring (bicyclic) bond motifs is 3. The number of halogens is 1. The third-order valence-electron chi connectivity index (χ3n) is 5.34. The van der Waals surface area contributed by atoms with Gasteiger partial charge >= 0.3 is 6.09 Å². The van der Waals surface area contributed by atoms with Crippen molar-refractivity contribution in [2.75, 3.05) is 19.1 Å². The molecule has 2 heterocycles. The molecule has 36 heavy (non-hydrogen) atoms. The van der Waals surface area contributed by atoms with E-state index in [1.165, 1.54) is 31.5 Å². The van der Waals surface area contributed by atoms with Crippen LogP contribution in [0.3, 0.4) is 0 Å². The molecule has 0 radical (unpaired) electrons. The second kappa shape index (κ2) is 9.54. The maximum atomic E-state index is 13.7. The summed E-state index contributed by atoms with van der Waals surface area (Å²) in [6.07, 6.45) is 2.04. The highest BCUT2D eigenvalue weighted by Gasteiger charge is 2.31. The molecular weight excluding hydrogens is 486 g/mol. The third-order valence-corrected chi connectivity index (χ3v) is 5.64. The molecule has 10 nitrogen and oxygen atoms in total. The lowest BCUT2D eigenvalue weighted by Gasteiger charge is -2.29. The van der Waals surface area contributed by atoms with Crippen molar-refractivity contribution in [1.29, 1.82) is 0 Å². The van der Waals surface area contributed by atoms with Crippen LogP contribution in [-0.4, -0.2) is 51.7 Å². The first kappa shape index (κ1) is 25.1. The quantitative estimate of drug-likeness (QED) is 0.206. The Balaban J connectivity index is 2.14. The van der Waals surface area contributed by atoms with Crippen molar-refractivity contribution in [3.8, 4) is 11.5 Å². The molecule has 0 saturated heterocycles. The number of aromatic nitrogens is 3. The van der Waals surface area contributed by atoms with E-state index in [0.717, 1.165) is 5.56 Å². The number of benzene rings is 2. The molecule has 0 atom stereocenters. The number of amides is 1. The van der Waals surface area contributed by atoms with Crippen LogP contribution in [-0.2, 0) is 4.74 Å². The molecule has 0 aliphatic rings. The summed E-state index contributed by atoms with van der Waals surface area (Å²) in [6.45, 7) is 7.16. The van der Waals surface area contributed by atoms with Crippen molar-refractivity contribution >= 4 is 52.0 Å².